The van der Waals surface area contributed by atoms with Crippen LogP contribution < -0.4 is 14.8 Å². The Balaban J connectivity index is 1.22. The Hall–Kier alpha value is -2.44. The molecule has 0 aromatic heterocycles. The summed E-state index contributed by atoms with van der Waals surface area (Å²) in [5.41, 5.74) is 0. The van der Waals surface area contributed by atoms with Gasteiger partial charge < -0.3 is 24.6 Å². The van der Waals surface area contributed by atoms with Gasteiger partial charge in [0, 0.05) is 38.6 Å². The summed E-state index contributed by atoms with van der Waals surface area (Å²) in [5, 5.41) is 2.85. The van der Waals surface area contributed by atoms with Gasteiger partial charge in [0.05, 0.1) is 0 Å². The topological polar surface area (TPSA) is 71.1 Å². The van der Waals surface area contributed by atoms with Crippen molar-refractivity contribution in [2.45, 2.75) is 37.8 Å². The summed E-state index contributed by atoms with van der Waals surface area (Å²) in [6, 6.07) is 7.91. The fourth-order valence-electron chi connectivity index (χ4n) is 3.91. The zero-order valence-electron chi connectivity index (χ0n) is 14.9. The molecule has 4 rings (SSSR count). The molecule has 3 heterocycles. The van der Waals surface area contributed by atoms with E-state index in [2.05, 4.69) is 5.32 Å². The highest BCUT2D eigenvalue weighted by Gasteiger charge is 2.32. The SMILES string of the molecule is O=C(CCC1COc2ccccc2O1)N1CCC(N2CCNC2=O)CC1. The van der Waals surface area contributed by atoms with E-state index in [0.29, 0.717) is 19.4 Å². The van der Waals surface area contributed by atoms with Gasteiger partial charge in [0.15, 0.2) is 11.5 Å². The van der Waals surface area contributed by atoms with Crippen molar-refractivity contribution in [1.82, 2.24) is 15.1 Å². The minimum Gasteiger partial charge on any atom is -0.486 e. The molecule has 1 unspecified atom stereocenters. The lowest BCUT2D eigenvalue weighted by Crippen LogP contribution is -2.47. The third kappa shape index (κ3) is 3.57. The lowest BCUT2D eigenvalue weighted by Gasteiger charge is -2.36. The number of benzene rings is 1. The van der Waals surface area contributed by atoms with E-state index < -0.39 is 0 Å². The minimum absolute atomic E-state index is 0.0319. The highest BCUT2D eigenvalue weighted by atomic mass is 16.6. The van der Waals surface area contributed by atoms with Crippen LogP contribution in [0.25, 0.3) is 0 Å². The number of urea groups is 1. The van der Waals surface area contributed by atoms with E-state index in [1.54, 1.807) is 0 Å². The van der Waals surface area contributed by atoms with Crippen molar-refractivity contribution in [3.63, 3.8) is 0 Å². The van der Waals surface area contributed by atoms with E-state index in [1.165, 1.54) is 0 Å². The Morgan fingerprint density at radius 2 is 1.92 bits per heavy atom. The van der Waals surface area contributed by atoms with E-state index in [1.807, 2.05) is 34.1 Å². The van der Waals surface area contributed by atoms with Gasteiger partial charge in [0.1, 0.15) is 12.7 Å². The number of piperidine rings is 1. The normalized spacial score (nSPS) is 23.1. The van der Waals surface area contributed by atoms with Gasteiger partial charge in [-0.05, 0) is 31.4 Å². The molecule has 0 bridgehead atoms. The summed E-state index contributed by atoms with van der Waals surface area (Å²) in [5.74, 6) is 1.68. The minimum atomic E-state index is -0.0836. The molecule has 140 valence electrons. The van der Waals surface area contributed by atoms with Crippen molar-refractivity contribution in [1.29, 1.82) is 0 Å². The molecule has 2 fully saturated rings. The molecule has 0 aliphatic carbocycles. The number of nitrogens with zero attached hydrogens (tertiary/aromatic N) is 2. The number of hydrogen-bond acceptors (Lipinski definition) is 4. The Morgan fingerprint density at radius 1 is 1.15 bits per heavy atom. The summed E-state index contributed by atoms with van der Waals surface area (Å²) < 4.78 is 11.6. The number of fused-ring (bicyclic) bond motifs is 1. The van der Waals surface area contributed by atoms with Crippen molar-refractivity contribution in [3.05, 3.63) is 24.3 Å². The Kier molecular flexibility index (Phi) is 4.86. The molecule has 0 spiro atoms. The Morgan fingerprint density at radius 3 is 2.65 bits per heavy atom. The van der Waals surface area contributed by atoms with Crippen LogP contribution in [0.15, 0.2) is 24.3 Å². The van der Waals surface area contributed by atoms with Crippen LogP contribution in [0.4, 0.5) is 4.79 Å². The van der Waals surface area contributed by atoms with Gasteiger partial charge in [-0.1, -0.05) is 12.1 Å². The van der Waals surface area contributed by atoms with E-state index in [-0.39, 0.29) is 24.1 Å². The molecule has 7 heteroatoms. The van der Waals surface area contributed by atoms with Crippen LogP contribution in [-0.4, -0.2) is 66.7 Å². The summed E-state index contributed by atoms with van der Waals surface area (Å²) in [4.78, 5) is 28.1. The Bertz CT molecular complexity index is 673. The van der Waals surface area contributed by atoms with Crippen LogP contribution >= 0.6 is 0 Å². The van der Waals surface area contributed by atoms with Crippen LogP contribution in [0.2, 0.25) is 0 Å². The number of para-hydroxylation sites is 2. The molecular weight excluding hydrogens is 334 g/mol. The number of ether oxygens (including phenoxy) is 2. The molecule has 26 heavy (non-hydrogen) atoms. The maximum absolute atomic E-state index is 12.5. The number of rotatable bonds is 4. The van der Waals surface area contributed by atoms with E-state index in [9.17, 15) is 9.59 Å². The van der Waals surface area contributed by atoms with Gasteiger partial charge in [-0.15, -0.1) is 0 Å². The first-order chi connectivity index (χ1) is 12.7. The first kappa shape index (κ1) is 17.0. The second-order valence-electron chi connectivity index (χ2n) is 7.07. The van der Waals surface area contributed by atoms with E-state index >= 15 is 0 Å². The number of hydrogen-bond donors (Lipinski definition) is 1. The molecule has 3 aliphatic rings. The summed E-state index contributed by atoms with van der Waals surface area (Å²) in [6.07, 6.45) is 2.75. The van der Waals surface area contributed by atoms with E-state index in [4.69, 9.17) is 9.47 Å². The molecular formula is C19H25N3O4. The molecule has 1 N–H and O–H groups in total. The third-order valence-corrected chi connectivity index (χ3v) is 5.40. The highest BCUT2D eigenvalue weighted by molar-refractivity contribution is 5.77. The van der Waals surface area contributed by atoms with Gasteiger partial charge >= 0.3 is 6.03 Å². The van der Waals surface area contributed by atoms with Gasteiger partial charge in [0.2, 0.25) is 5.91 Å². The van der Waals surface area contributed by atoms with Crippen LogP contribution in [-0.2, 0) is 4.79 Å². The summed E-state index contributed by atoms with van der Waals surface area (Å²) in [7, 11) is 0. The average molecular weight is 359 g/mol. The summed E-state index contributed by atoms with van der Waals surface area (Å²) in [6.45, 7) is 3.43. The number of nitrogens with one attached hydrogen (secondary N) is 1. The zero-order valence-corrected chi connectivity index (χ0v) is 14.9. The molecule has 1 aromatic rings. The summed E-state index contributed by atoms with van der Waals surface area (Å²) >= 11 is 0. The predicted octanol–water partition coefficient (Wildman–Crippen LogP) is 1.62. The number of amides is 3. The molecule has 0 radical (unpaired) electrons. The zero-order chi connectivity index (χ0) is 17.9. The van der Waals surface area contributed by atoms with Crippen LogP contribution in [0, 0.1) is 0 Å². The molecule has 3 aliphatic heterocycles. The third-order valence-electron chi connectivity index (χ3n) is 5.40. The van der Waals surface area contributed by atoms with Crippen LogP contribution in [0.3, 0.4) is 0 Å². The van der Waals surface area contributed by atoms with Crippen molar-refractivity contribution < 1.29 is 19.1 Å². The largest absolute Gasteiger partial charge is 0.486 e. The van der Waals surface area contributed by atoms with Crippen molar-refractivity contribution in [2.24, 2.45) is 0 Å². The van der Waals surface area contributed by atoms with Gasteiger partial charge in [0.25, 0.3) is 0 Å². The number of carbonyl (C=O) groups excluding carboxylic acids is 2. The second-order valence-corrected chi connectivity index (χ2v) is 7.07. The van der Waals surface area contributed by atoms with Crippen LogP contribution in [0.1, 0.15) is 25.7 Å². The molecule has 2 saturated heterocycles. The first-order valence-electron chi connectivity index (χ1n) is 9.41. The monoisotopic (exact) mass is 359 g/mol. The molecule has 3 amide bonds. The smallest absolute Gasteiger partial charge is 0.317 e. The van der Waals surface area contributed by atoms with Gasteiger partial charge in [-0.3, -0.25) is 4.79 Å². The first-order valence-corrected chi connectivity index (χ1v) is 9.41. The van der Waals surface area contributed by atoms with Crippen molar-refractivity contribution >= 4 is 11.9 Å². The van der Waals surface area contributed by atoms with Gasteiger partial charge in [-0.2, -0.15) is 0 Å². The molecule has 1 atom stereocenters. The van der Waals surface area contributed by atoms with Crippen molar-refractivity contribution in [3.8, 4) is 11.5 Å². The predicted molar refractivity (Wildman–Crippen MR) is 95.3 cm³/mol. The fourth-order valence-corrected chi connectivity index (χ4v) is 3.91. The number of carbonyl (C=O) groups is 2. The molecule has 7 nitrogen and oxygen atoms in total. The lowest BCUT2D eigenvalue weighted by atomic mass is 10.0. The van der Waals surface area contributed by atoms with Gasteiger partial charge in [-0.25, -0.2) is 4.79 Å². The second kappa shape index (κ2) is 7.43. The fraction of sp³-hybridized carbons (Fsp3) is 0.579. The molecule has 1 aromatic carbocycles. The average Bonchev–Trinajstić information content (AvgIpc) is 3.12. The lowest BCUT2D eigenvalue weighted by molar-refractivity contribution is -0.133. The van der Waals surface area contributed by atoms with E-state index in [0.717, 1.165) is 50.5 Å². The van der Waals surface area contributed by atoms with Crippen molar-refractivity contribution in [2.75, 3.05) is 32.8 Å². The molecule has 0 saturated carbocycles. The standard InChI is InChI=1S/C19H25N3O4/c23-18(6-5-15-13-25-16-3-1-2-4-17(16)26-15)21-10-7-14(8-11-21)22-12-9-20-19(22)24/h1-4,14-15H,5-13H2,(H,20,24). The van der Waals surface area contributed by atoms with Crippen LogP contribution in [0.5, 0.6) is 11.5 Å². The maximum Gasteiger partial charge on any atom is 0.317 e. The highest BCUT2D eigenvalue weighted by Crippen LogP contribution is 2.32. The maximum atomic E-state index is 12.5. The Labute approximate surface area is 153 Å². The quantitative estimate of drug-likeness (QED) is 0.887. The number of likely N-dealkylation sites (tertiary alicyclic amines) is 1.